The van der Waals surface area contributed by atoms with Gasteiger partial charge in [-0.2, -0.15) is 5.10 Å². The average molecular weight is 455 g/mol. The molecule has 0 spiro atoms. The summed E-state index contributed by atoms with van der Waals surface area (Å²) in [5.74, 6) is 1.44. The number of guanidine groups is 1. The molecule has 0 atom stereocenters. The number of aliphatic imine (C=N–C) groups is 1. The number of nitrogens with zero attached hydrogens (tertiary/aromatic N) is 3. The molecular formula is C19H30IN5. The Morgan fingerprint density at radius 2 is 1.92 bits per heavy atom. The van der Waals surface area contributed by atoms with Crippen LogP contribution in [0.5, 0.6) is 0 Å². The van der Waals surface area contributed by atoms with Gasteiger partial charge in [0, 0.05) is 18.8 Å². The van der Waals surface area contributed by atoms with Crippen LogP contribution in [0, 0.1) is 19.8 Å². The van der Waals surface area contributed by atoms with Gasteiger partial charge in [-0.15, -0.1) is 24.0 Å². The Kier molecular flexibility index (Phi) is 8.96. The van der Waals surface area contributed by atoms with Crippen molar-refractivity contribution in [3.63, 3.8) is 0 Å². The molecule has 0 unspecified atom stereocenters. The first-order valence-electron chi connectivity index (χ1n) is 8.65. The fourth-order valence-corrected chi connectivity index (χ4v) is 2.53. The second kappa shape index (κ2) is 10.4. The number of benzene rings is 1. The highest BCUT2D eigenvalue weighted by atomic mass is 127. The molecule has 0 aliphatic carbocycles. The van der Waals surface area contributed by atoms with Gasteiger partial charge < -0.3 is 10.6 Å². The van der Waals surface area contributed by atoms with Gasteiger partial charge in [0.05, 0.1) is 17.9 Å². The molecule has 138 valence electrons. The van der Waals surface area contributed by atoms with E-state index in [1.54, 1.807) is 0 Å². The molecule has 0 saturated carbocycles. The van der Waals surface area contributed by atoms with Crippen LogP contribution in [0.4, 0.5) is 0 Å². The first-order chi connectivity index (χ1) is 11.5. The standard InChI is InChI=1S/C19H29N5.HI/c1-6-20-19(21-12-14(2)3)22-13-17-9-7-8-10-18(17)24-16(5)11-15(4)23-24;/h7-11,14H,6,12-13H2,1-5H3,(H2,20,21,22);1H. The number of rotatable bonds is 6. The van der Waals surface area contributed by atoms with Crippen LogP contribution < -0.4 is 10.6 Å². The van der Waals surface area contributed by atoms with Gasteiger partial charge in [-0.3, -0.25) is 0 Å². The summed E-state index contributed by atoms with van der Waals surface area (Å²) < 4.78 is 1.99. The molecule has 1 heterocycles. The Labute approximate surface area is 168 Å². The maximum Gasteiger partial charge on any atom is 0.191 e. The quantitative estimate of drug-likeness (QED) is 0.396. The van der Waals surface area contributed by atoms with E-state index >= 15 is 0 Å². The van der Waals surface area contributed by atoms with Crippen molar-refractivity contribution in [2.75, 3.05) is 13.1 Å². The third-order valence-corrected chi connectivity index (χ3v) is 3.66. The van der Waals surface area contributed by atoms with Gasteiger partial charge in [-0.25, -0.2) is 9.67 Å². The Morgan fingerprint density at radius 1 is 1.20 bits per heavy atom. The molecule has 0 aliphatic rings. The summed E-state index contributed by atoms with van der Waals surface area (Å²) in [7, 11) is 0. The predicted octanol–water partition coefficient (Wildman–Crippen LogP) is 3.82. The molecule has 0 saturated heterocycles. The summed E-state index contributed by atoms with van der Waals surface area (Å²) in [6, 6.07) is 10.4. The number of hydrogen-bond donors (Lipinski definition) is 2. The van der Waals surface area contributed by atoms with Crippen LogP contribution >= 0.6 is 24.0 Å². The molecule has 0 amide bonds. The van der Waals surface area contributed by atoms with Crippen molar-refractivity contribution >= 4 is 29.9 Å². The molecule has 0 aliphatic heterocycles. The second-order valence-corrected chi connectivity index (χ2v) is 6.44. The van der Waals surface area contributed by atoms with Gasteiger partial charge in [0.1, 0.15) is 0 Å². The van der Waals surface area contributed by atoms with Gasteiger partial charge >= 0.3 is 0 Å². The third kappa shape index (κ3) is 6.34. The maximum absolute atomic E-state index is 4.73. The van der Waals surface area contributed by atoms with Crippen LogP contribution in [0.25, 0.3) is 5.69 Å². The lowest BCUT2D eigenvalue weighted by atomic mass is 10.2. The van der Waals surface area contributed by atoms with Gasteiger partial charge in [-0.05, 0) is 44.4 Å². The topological polar surface area (TPSA) is 54.2 Å². The van der Waals surface area contributed by atoms with E-state index in [-0.39, 0.29) is 24.0 Å². The number of hydrogen-bond acceptors (Lipinski definition) is 2. The van der Waals surface area contributed by atoms with Crippen LogP contribution in [0.1, 0.15) is 37.7 Å². The zero-order chi connectivity index (χ0) is 17.5. The highest BCUT2D eigenvalue weighted by Gasteiger charge is 2.08. The van der Waals surface area contributed by atoms with E-state index in [0.717, 1.165) is 41.7 Å². The number of para-hydroxylation sites is 1. The normalized spacial score (nSPS) is 11.4. The van der Waals surface area contributed by atoms with E-state index < -0.39 is 0 Å². The van der Waals surface area contributed by atoms with Gasteiger partial charge in [-0.1, -0.05) is 32.0 Å². The van der Waals surface area contributed by atoms with Crippen LogP contribution in [0.3, 0.4) is 0 Å². The average Bonchev–Trinajstić information content (AvgIpc) is 2.88. The van der Waals surface area contributed by atoms with Crippen LogP contribution in [-0.2, 0) is 6.54 Å². The molecule has 0 radical (unpaired) electrons. The molecule has 0 bridgehead atoms. The summed E-state index contributed by atoms with van der Waals surface area (Å²) in [5, 5.41) is 11.3. The molecule has 1 aromatic heterocycles. The Balaban J connectivity index is 0.00000312. The largest absolute Gasteiger partial charge is 0.357 e. The number of aromatic nitrogens is 2. The summed E-state index contributed by atoms with van der Waals surface area (Å²) in [5.41, 5.74) is 4.41. The fourth-order valence-electron chi connectivity index (χ4n) is 2.53. The maximum atomic E-state index is 4.73. The molecule has 6 heteroatoms. The number of halogens is 1. The Bertz CT molecular complexity index is 691. The minimum Gasteiger partial charge on any atom is -0.357 e. The highest BCUT2D eigenvalue weighted by Crippen LogP contribution is 2.17. The van der Waals surface area contributed by atoms with E-state index in [0.29, 0.717) is 12.5 Å². The number of nitrogens with one attached hydrogen (secondary N) is 2. The van der Waals surface area contributed by atoms with Crippen molar-refractivity contribution in [2.45, 2.75) is 41.2 Å². The zero-order valence-corrected chi connectivity index (χ0v) is 18.2. The van der Waals surface area contributed by atoms with Crippen LogP contribution in [0.2, 0.25) is 0 Å². The lowest BCUT2D eigenvalue weighted by Crippen LogP contribution is -2.39. The smallest absolute Gasteiger partial charge is 0.191 e. The lowest BCUT2D eigenvalue weighted by molar-refractivity contribution is 0.615. The van der Waals surface area contributed by atoms with E-state index in [4.69, 9.17) is 4.99 Å². The van der Waals surface area contributed by atoms with E-state index in [9.17, 15) is 0 Å². The molecule has 2 N–H and O–H groups in total. The van der Waals surface area contributed by atoms with Crippen molar-refractivity contribution in [1.29, 1.82) is 0 Å². The van der Waals surface area contributed by atoms with Crippen LogP contribution in [-0.4, -0.2) is 28.8 Å². The minimum atomic E-state index is 0. The molecule has 5 nitrogen and oxygen atoms in total. The van der Waals surface area contributed by atoms with E-state index in [1.807, 2.05) is 17.7 Å². The minimum absolute atomic E-state index is 0. The van der Waals surface area contributed by atoms with E-state index in [2.05, 4.69) is 67.7 Å². The molecule has 1 aromatic carbocycles. The van der Waals surface area contributed by atoms with Gasteiger partial charge in [0.15, 0.2) is 5.96 Å². The van der Waals surface area contributed by atoms with Crippen molar-refractivity contribution in [1.82, 2.24) is 20.4 Å². The van der Waals surface area contributed by atoms with Crippen molar-refractivity contribution < 1.29 is 0 Å². The van der Waals surface area contributed by atoms with Crippen molar-refractivity contribution in [2.24, 2.45) is 10.9 Å². The SMILES string of the molecule is CCNC(=NCc1ccccc1-n1nc(C)cc1C)NCC(C)C.I. The van der Waals surface area contributed by atoms with Crippen molar-refractivity contribution in [3.05, 3.63) is 47.3 Å². The number of aryl methyl sites for hydroxylation is 2. The summed E-state index contributed by atoms with van der Waals surface area (Å²) in [4.78, 5) is 4.73. The zero-order valence-electron chi connectivity index (χ0n) is 15.8. The summed E-state index contributed by atoms with van der Waals surface area (Å²) >= 11 is 0. The first-order valence-corrected chi connectivity index (χ1v) is 8.65. The van der Waals surface area contributed by atoms with Gasteiger partial charge in [0.25, 0.3) is 0 Å². The highest BCUT2D eigenvalue weighted by molar-refractivity contribution is 14.0. The van der Waals surface area contributed by atoms with E-state index in [1.165, 1.54) is 0 Å². The molecule has 0 fully saturated rings. The first kappa shape index (κ1) is 21.5. The third-order valence-electron chi connectivity index (χ3n) is 3.66. The second-order valence-electron chi connectivity index (χ2n) is 6.44. The van der Waals surface area contributed by atoms with Crippen LogP contribution in [0.15, 0.2) is 35.3 Å². The van der Waals surface area contributed by atoms with Gasteiger partial charge in [0.2, 0.25) is 0 Å². The molecule has 2 rings (SSSR count). The Hall–Kier alpha value is -1.57. The lowest BCUT2D eigenvalue weighted by Gasteiger charge is -2.14. The molecule has 2 aromatic rings. The molecule has 25 heavy (non-hydrogen) atoms. The molecular weight excluding hydrogens is 425 g/mol. The Morgan fingerprint density at radius 3 is 2.52 bits per heavy atom. The monoisotopic (exact) mass is 455 g/mol. The predicted molar refractivity (Wildman–Crippen MR) is 116 cm³/mol. The summed E-state index contributed by atoms with van der Waals surface area (Å²) in [6.45, 7) is 12.9. The fraction of sp³-hybridized carbons (Fsp3) is 0.474. The summed E-state index contributed by atoms with van der Waals surface area (Å²) in [6.07, 6.45) is 0. The van der Waals surface area contributed by atoms with Crippen molar-refractivity contribution in [3.8, 4) is 5.69 Å².